The molecule has 3 rings (SSSR count). The van der Waals surface area contributed by atoms with Gasteiger partial charge in [-0.25, -0.2) is 0 Å². The molecule has 0 radical (unpaired) electrons. The Bertz CT molecular complexity index is 350. The molecule has 3 N–H and O–H groups in total. The molecule has 0 aliphatic heterocycles. The van der Waals surface area contributed by atoms with Gasteiger partial charge in [0.1, 0.15) is 0 Å². The van der Waals surface area contributed by atoms with Crippen LogP contribution < -0.4 is 11.1 Å². The van der Waals surface area contributed by atoms with E-state index in [4.69, 9.17) is 5.73 Å². The van der Waals surface area contributed by atoms with Crippen LogP contribution in [0, 0.1) is 17.3 Å². The van der Waals surface area contributed by atoms with Crippen LogP contribution in [0.25, 0.3) is 0 Å². The standard InChI is InChI=1S/C17H30N2O/c1-2-7-17(8-4-9-17)16(20)19-15-12-5-3-6-13(15)11-14(18)10-12/h12-15H,2-11,18H2,1H3,(H,19,20). The average molecular weight is 278 g/mol. The summed E-state index contributed by atoms with van der Waals surface area (Å²) in [6.07, 6.45) is 11.7. The van der Waals surface area contributed by atoms with E-state index in [1.54, 1.807) is 0 Å². The van der Waals surface area contributed by atoms with Gasteiger partial charge in [0.2, 0.25) is 5.91 Å². The van der Waals surface area contributed by atoms with E-state index >= 15 is 0 Å². The van der Waals surface area contributed by atoms with E-state index in [9.17, 15) is 4.79 Å². The second kappa shape index (κ2) is 5.67. The highest BCUT2D eigenvalue weighted by molar-refractivity contribution is 5.83. The predicted molar refractivity (Wildman–Crippen MR) is 81.2 cm³/mol. The van der Waals surface area contributed by atoms with Crippen molar-refractivity contribution in [3.63, 3.8) is 0 Å². The van der Waals surface area contributed by atoms with Gasteiger partial charge in [-0.1, -0.05) is 26.2 Å². The van der Waals surface area contributed by atoms with Crippen molar-refractivity contribution in [2.24, 2.45) is 23.0 Å². The van der Waals surface area contributed by atoms with Gasteiger partial charge >= 0.3 is 0 Å². The van der Waals surface area contributed by atoms with Crippen LogP contribution in [0.2, 0.25) is 0 Å². The lowest BCUT2D eigenvalue weighted by Gasteiger charge is -2.48. The number of fused-ring (bicyclic) bond motifs is 2. The third-order valence-corrected chi connectivity index (χ3v) is 6.20. The van der Waals surface area contributed by atoms with Gasteiger partial charge in [-0.2, -0.15) is 0 Å². The Morgan fingerprint density at radius 3 is 2.35 bits per heavy atom. The SMILES string of the molecule is CCCC1(C(=O)NC2C3CCCC2CC(N)C3)CCC1. The molecule has 2 bridgehead atoms. The predicted octanol–water partition coefficient (Wildman–Crippen LogP) is 2.98. The lowest BCUT2D eigenvalue weighted by Crippen LogP contribution is -2.57. The summed E-state index contributed by atoms with van der Waals surface area (Å²) in [5.74, 6) is 1.64. The number of rotatable bonds is 4. The summed E-state index contributed by atoms with van der Waals surface area (Å²) >= 11 is 0. The Morgan fingerprint density at radius 1 is 1.20 bits per heavy atom. The number of nitrogens with one attached hydrogen (secondary N) is 1. The quantitative estimate of drug-likeness (QED) is 0.830. The van der Waals surface area contributed by atoms with Crippen molar-refractivity contribution < 1.29 is 4.79 Å². The first-order valence-electron chi connectivity index (χ1n) is 8.71. The summed E-state index contributed by atoms with van der Waals surface area (Å²) in [5.41, 5.74) is 6.16. The normalized spacial score (nSPS) is 38.9. The maximum Gasteiger partial charge on any atom is 0.226 e. The summed E-state index contributed by atoms with van der Waals surface area (Å²) in [6, 6.07) is 0.789. The second-order valence-corrected chi connectivity index (χ2v) is 7.57. The summed E-state index contributed by atoms with van der Waals surface area (Å²) in [4.78, 5) is 12.8. The van der Waals surface area contributed by atoms with Crippen molar-refractivity contribution in [3.8, 4) is 0 Å². The van der Waals surface area contributed by atoms with Crippen LogP contribution in [0.3, 0.4) is 0 Å². The minimum Gasteiger partial charge on any atom is -0.352 e. The van der Waals surface area contributed by atoms with Crippen molar-refractivity contribution in [2.45, 2.75) is 83.2 Å². The fraction of sp³-hybridized carbons (Fsp3) is 0.941. The molecule has 3 nitrogen and oxygen atoms in total. The molecule has 3 fully saturated rings. The van der Waals surface area contributed by atoms with Crippen LogP contribution in [0.1, 0.15) is 71.1 Å². The first-order valence-corrected chi connectivity index (χ1v) is 8.71. The van der Waals surface area contributed by atoms with E-state index in [0.29, 0.717) is 29.8 Å². The molecule has 0 aromatic heterocycles. The van der Waals surface area contributed by atoms with Crippen LogP contribution in [-0.4, -0.2) is 18.0 Å². The zero-order valence-corrected chi connectivity index (χ0v) is 12.9. The van der Waals surface area contributed by atoms with Gasteiger partial charge in [-0.05, 0) is 56.8 Å². The lowest BCUT2D eigenvalue weighted by molar-refractivity contribution is -0.139. The topological polar surface area (TPSA) is 55.1 Å². The van der Waals surface area contributed by atoms with E-state index in [0.717, 1.165) is 38.5 Å². The zero-order valence-electron chi connectivity index (χ0n) is 12.9. The maximum absolute atomic E-state index is 12.8. The molecule has 3 aliphatic rings. The van der Waals surface area contributed by atoms with E-state index in [1.807, 2.05) is 0 Å². The van der Waals surface area contributed by atoms with Crippen LogP contribution in [-0.2, 0) is 4.79 Å². The smallest absolute Gasteiger partial charge is 0.226 e. The maximum atomic E-state index is 12.8. The Labute approximate surface area is 123 Å². The third kappa shape index (κ3) is 2.49. The van der Waals surface area contributed by atoms with Crippen molar-refractivity contribution in [2.75, 3.05) is 0 Å². The molecule has 0 spiro atoms. The van der Waals surface area contributed by atoms with E-state index in [2.05, 4.69) is 12.2 Å². The Morgan fingerprint density at radius 2 is 1.85 bits per heavy atom. The molecular formula is C17H30N2O. The summed E-state index contributed by atoms with van der Waals surface area (Å²) < 4.78 is 0. The van der Waals surface area contributed by atoms with Gasteiger partial charge in [0.15, 0.2) is 0 Å². The van der Waals surface area contributed by atoms with Crippen LogP contribution in [0.5, 0.6) is 0 Å². The molecule has 0 aromatic carbocycles. The summed E-state index contributed by atoms with van der Waals surface area (Å²) in [6.45, 7) is 2.20. The molecule has 2 unspecified atom stereocenters. The third-order valence-electron chi connectivity index (χ3n) is 6.20. The van der Waals surface area contributed by atoms with E-state index in [-0.39, 0.29) is 5.41 Å². The number of carbonyl (C=O) groups excluding carboxylic acids is 1. The fourth-order valence-corrected chi connectivity index (χ4v) is 5.00. The molecule has 0 aromatic rings. The Balaban J connectivity index is 1.66. The molecular weight excluding hydrogens is 248 g/mol. The van der Waals surface area contributed by atoms with Gasteiger partial charge < -0.3 is 11.1 Å². The minimum atomic E-state index is -0.0113. The molecule has 114 valence electrons. The van der Waals surface area contributed by atoms with Gasteiger partial charge in [0, 0.05) is 17.5 Å². The largest absolute Gasteiger partial charge is 0.352 e. The molecule has 3 saturated carbocycles. The first-order chi connectivity index (χ1) is 9.64. The molecule has 0 heterocycles. The Kier molecular flexibility index (Phi) is 4.07. The fourth-order valence-electron chi connectivity index (χ4n) is 5.00. The van der Waals surface area contributed by atoms with Gasteiger partial charge in [0.05, 0.1) is 0 Å². The van der Waals surface area contributed by atoms with Gasteiger partial charge in [-0.3, -0.25) is 4.79 Å². The van der Waals surface area contributed by atoms with Crippen molar-refractivity contribution in [1.29, 1.82) is 0 Å². The lowest BCUT2D eigenvalue weighted by atomic mass is 9.63. The molecule has 20 heavy (non-hydrogen) atoms. The highest BCUT2D eigenvalue weighted by atomic mass is 16.2. The van der Waals surface area contributed by atoms with Crippen molar-refractivity contribution in [3.05, 3.63) is 0 Å². The van der Waals surface area contributed by atoms with Crippen molar-refractivity contribution in [1.82, 2.24) is 5.32 Å². The van der Waals surface area contributed by atoms with Gasteiger partial charge in [-0.15, -0.1) is 0 Å². The monoisotopic (exact) mass is 278 g/mol. The minimum absolute atomic E-state index is 0.0113. The number of amides is 1. The molecule has 3 aliphatic carbocycles. The first kappa shape index (κ1) is 14.4. The van der Waals surface area contributed by atoms with Crippen LogP contribution in [0.15, 0.2) is 0 Å². The number of hydrogen-bond acceptors (Lipinski definition) is 2. The Hall–Kier alpha value is -0.570. The summed E-state index contributed by atoms with van der Waals surface area (Å²) in [5, 5.41) is 3.47. The molecule has 2 atom stereocenters. The summed E-state index contributed by atoms with van der Waals surface area (Å²) in [7, 11) is 0. The average Bonchev–Trinajstić information content (AvgIpc) is 2.34. The van der Waals surface area contributed by atoms with Gasteiger partial charge in [0.25, 0.3) is 0 Å². The highest BCUT2D eigenvalue weighted by Crippen LogP contribution is 2.46. The number of hydrogen-bond donors (Lipinski definition) is 2. The van der Waals surface area contributed by atoms with Crippen molar-refractivity contribution >= 4 is 5.91 Å². The van der Waals surface area contributed by atoms with Crippen LogP contribution >= 0.6 is 0 Å². The molecule has 3 heteroatoms. The van der Waals surface area contributed by atoms with E-state index in [1.165, 1.54) is 25.7 Å². The zero-order chi connectivity index (χ0) is 14.2. The van der Waals surface area contributed by atoms with Crippen LogP contribution in [0.4, 0.5) is 0 Å². The molecule has 1 amide bonds. The molecule has 0 saturated heterocycles. The number of nitrogens with two attached hydrogens (primary N) is 1. The highest BCUT2D eigenvalue weighted by Gasteiger charge is 2.46. The number of carbonyl (C=O) groups is 1. The van der Waals surface area contributed by atoms with E-state index < -0.39 is 0 Å². The second-order valence-electron chi connectivity index (χ2n) is 7.57.